The number of hydrogen-bond donors (Lipinski definition) is 2. The number of hydrogen-bond acceptors (Lipinski definition) is 9. The Morgan fingerprint density at radius 3 is 1.94 bits per heavy atom. The lowest BCUT2D eigenvalue weighted by molar-refractivity contribution is -0.136. The Morgan fingerprint density at radius 1 is 0.704 bits per heavy atom. The van der Waals surface area contributed by atoms with E-state index in [1.165, 1.54) is 10.5 Å². The maximum atomic E-state index is 13.0. The van der Waals surface area contributed by atoms with Crippen molar-refractivity contribution < 1.29 is 43.2 Å². The van der Waals surface area contributed by atoms with Crippen molar-refractivity contribution in [1.82, 2.24) is 10.2 Å². The van der Waals surface area contributed by atoms with Crippen LogP contribution in [0.1, 0.15) is 58.8 Å². The highest BCUT2D eigenvalue weighted by molar-refractivity contribution is 6.05. The Balaban J connectivity index is 0.850. The second kappa shape index (κ2) is 19.0. The number of fused-ring (bicyclic) bond motifs is 1. The quantitative estimate of drug-likeness (QED) is 0.0674. The fraction of sp³-hybridized carbons (Fsp3) is 0.326. The minimum absolute atomic E-state index is 0.208. The van der Waals surface area contributed by atoms with Crippen molar-refractivity contribution in [3.05, 3.63) is 125 Å². The number of benzene rings is 4. The van der Waals surface area contributed by atoms with Gasteiger partial charge in [-0.25, -0.2) is 0 Å². The summed E-state index contributed by atoms with van der Waals surface area (Å²) in [4.78, 5) is 38.4. The predicted molar refractivity (Wildman–Crippen MR) is 203 cm³/mol. The minimum Gasteiger partial charge on any atom is -0.508 e. The molecule has 11 heteroatoms. The van der Waals surface area contributed by atoms with Crippen LogP contribution in [0, 0.1) is 0 Å². The largest absolute Gasteiger partial charge is 0.508 e. The number of piperidine rings is 1. The van der Waals surface area contributed by atoms with Gasteiger partial charge in [0.05, 0.1) is 46.2 Å². The van der Waals surface area contributed by atoms with E-state index in [9.17, 15) is 19.5 Å². The smallest absolute Gasteiger partial charge is 0.255 e. The molecule has 0 aliphatic carbocycles. The summed E-state index contributed by atoms with van der Waals surface area (Å²) in [5.74, 6) is 0.573. The van der Waals surface area contributed by atoms with E-state index in [-0.39, 0.29) is 30.5 Å². The third kappa shape index (κ3) is 9.73. The van der Waals surface area contributed by atoms with Gasteiger partial charge in [-0.2, -0.15) is 0 Å². The fourth-order valence-electron chi connectivity index (χ4n) is 6.69. The van der Waals surface area contributed by atoms with Gasteiger partial charge in [-0.1, -0.05) is 67.6 Å². The van der Waals surface area contributed by atoms with Gasteiger partial charge in [0.25, 0.3) is 5.91 Å². The lowest BCUT2D eigenvalue weighted by Gasteiger charge is -2.29. The summed E-state index contributed by atoms with van der Waals surface area (Å²) in [6, 6.07) is 30.3. The average molecular weight is 735 g/mol. The van der Waals surface area contributed by atoms with Crippen LogP contribution in [0.3, 0.4) is 0 Å². The van der Waals surface area contributed by atoms with Crippen molar-refractivity contribution in [2.24, 2.45) is 0 Å². The Bertz CT molecular complexity index is 1910. The lowest BCUT2D eigenvalue weighted by atomic mass is 9.88. The molecule has 0 radical (unpaired) electrons. The molecule has 1 fully saturated rings. The van der Waals surface area contributed by atoms with E-state index in [0.717, 1.165) is 40.0 Å². The van der Waals surface area contributed by atoms with Gasteiger partial charge in [0.1, 0.15) is 36.5 Å². The molecular formula is C43H46N2O9. The molecule has 282 valence electrons. The van der Waals surface area contributed by atoms with Crippen molar-refractivity contribution in [3.63, 3.8) is 0 Å². The van der Waals surface area contributed by atoms with Gasteiger partial charge in [-0.3, -0.25) is 19.7 Å². The molecule has 1 unspecified atom stereocenters. The van der Waals surface area contributed by atoms with Gasteiger partial charge in [-0.15, -0.1) is 0 Å². The maximum absolute atomic E-state index is 13.0. The first kappa shape index (κ1) is 38.2. The first-order valence-corrected chi connectivity index (χ1v) is 18.4. The second-order valence-electron chi connectivity index (χ2n) is 12.9. The van der Waals surface area contributed by atoms with Crippen LogP contribution >= 0.6 is 0 Å². The topological polar surface area (TPSA) is 133 Å². The van der Waals surface area contributed by atoms with Gasteiger partial charge in [0.2, 0.25) is 11.8 Å². The van der Waals surface area contributed by atoms with Crippen molar-refractivity contribution in [3.8, 4) is 17.2 Å². The first-order chi connectivity index (χ1) is 26.4. The molecular weight excluding hydrogens is 688 g/mol. The van der Waals surface area contributed by atoms with Crippen LogP contribution in [-0.2, 0) is 30.3 Å². The molecule has 4 aromatic carbocycles. The molecule has 54 heavy (non-hydrogen) atoms. The van der Waals surface area contributed by atoms with E-state index < -0.39 is 11.9 Å². The number of amides is 3. The molecule has 2 N–H and O–H groups in total. The van der Waals surface area contributed by atoms with Gasteiger partial charge in [0.15, 0.2) is 0 Å². The molecule has 6 rings (SSSR count). The number of ether oxygens (including phenoxy) is 5. The van der Waals surface area contributed by atoms with Crippen molar-refractivity contribution >= 4 is 28.9 Å². The maximum Gasteiger partial charge on any atom is 0.255 e. The van der Waals surface area contributed by atoms with Crippen LogP contribution in [0.2, 0.25) is 0 Å². The summed E-state index contributed by atoms with van der Waals surface area (Å²) in [6.45, 7) is 5.53. The van der Waals surface area contributed by atoms with E-state index >= 15 is 0 Å². The summed E-state index contributed by atoms with van der Waals surface area (Å²) in [5, 5.41) is 12.2. The summed E-state index contributed by atoms with van der Waals surface area (Å²) < 4.78 is 28.8. The zero-order chi connectivity index (χ0) is 37.7. The molecule has 0 bridgehead atoms. The Morgan fingerprint density at radius 2 is 1.31 bits per heavy atom. The van der Waals surface area contributed by atoms with E-state index in [2.05, 4.69) is 36.5 Å². The van der Waals surface area contributed by atoms with Crippen LogP contribution in [0.5, 0.6) is 17.2 Å². The number of nitrogens with one attached hydrogen (secondary N) is 1. The minimum atomic E-state index is -0.669. The SMILES string of the molecule is CC/C(=C(\c1ccc(O)cc1)c1ccc(OCCOCCOCCOCCOc2cccc3c2CN(C2CCC(=O)NC2=O)C3=O)cc1)c1ccccc1. The van der Waals surface area contributed by atoms with Crippen LogP contribution in [0.4, 0.5) is 0 Å². The molecule has 2 aliphatic rings. The number of phenols is 1. The molecule has 1 atom stereocenters. The Labute approximate surface area is 315 Å². The monoisotopic (exact) mass is 734 g/mol. The Hall–Kier alpha value is -5.49. The van der Waals surface area contributed by atoms with Crippen LogP contribution in [0.15, 0.2) is 97.1 Å². The number of phenolic OH excluding ortho intramolecular Hbond substituents is 1. The fourth-order valence-corrected chi connectivity index (χ4v) is 6.69. The molecule has 1 saturated heterocycles. The molecule has 11 nitrogen and oxygen atoms in total. The molecule has 2 heterocycles. The molecule has 0 saturated carbocycles. The number of carbonyl (C=O) groups excluding carboxylic acids is 3. The number of allylic oxidation sites excluding steroid dienone is 1. The molecule has 3 amide bonds. The number of carbonyl (C=O) groups is 3. The van der Waals surface area contributed by atoms with Crippen molar-refractivity contribution in [1.29, 1.82) is 0 Å². The molecule has 4 aromatic rings. The average Bonchev–Trinajstić information content (AvgIpc) is 3.53. The van der Waals surface area contributed by atoms with Gasteiger partial charge < -0.3 is 33.7 Å². The van der Waals surface area contributed by atoms with Crippen LogP contribution in [0.25, 0.3) is 11.1 Å². The highest BCUT2D eigenvalue weighted by Crippen LogP contribution is 2.36. The summed E-state index contributed by atoms with van der Waals surface area (Å²) >= 11 is 0. The van der Waals surface area contributed by atoms with E-state index in [0.29, 0.717) is 70.6 Å². The molecule has 0 spiro atoms. The highest BCUT2D eigenvalue weighted by atomic mass is 16.6. The number of aromatic hydroxyl groups is 1. The predicted octanol–water partition coefficient (Wildman–Crippen LogP) is 6.03. The normalized spacial score (nSPS) is 15.8. The standard InChI is InChI=1S/C43H46N2O9/c1-2-35(30-7-4-3-5-8-30)41(31-11-15-33(46)16-12-31)32-13-17-34(18-14-32)53-27-25-51-23-21-50-22-24-52-26-28-54-39-10-6-9-36-37(39)29-45(43(36)49)38-19-20-40(47)44-42(38)48/h3-18,38,46H,2,19-29H2,1H3,(H,44,47,48)/b41-35-. The van der Waals surface area contributed by atoms with Crippen molar-refractivity contribution in [2.45, 2.75) is 38.8 Å². The van der Waals surface area contributed by atoms with E-state index in [4.69, 9.17) is 23.7 Å². The number of rotatable bonds is 19. The highest BCUT2D eigenvalue weighted by Gasteiger charge is 2.40. The second-order valence-corrected chi connectivity index (χ2v) is 12.9. The van der Waals surface area contributed by atoms with E-state index in [1.54, 1.807) is 30.3 Å². The summed E-state index contributed by atoms with van der Waals surface area (Å²) in [5.41, 5.74) is 6.84. The lowest BCUT2D eigenvalue weighted by Crippen LogP contribution is -2.52. The zero-order valence-electron chi connectivity index (χ0n) is 30.5. The molecule has 0 aromatic heterocycles. The third-order valence-corrected chi connectivity index (χ3v) is 9.34. The van der Waals surface area contributed by atoms with Crippen LogP contribution in [-0.4, -0.2) is 86.6 Å². The summed E-state index contributed by atoms with van der Waals surface area (Å²) in [6.07, 6.45) is 1.37. The Kier molecular flexibility index (Phi) is 13.5. The van der Waals surface area contributed by atoms with Gasteiger partial charge in [-0.05, 0) is 77.1 Å². The van der Waals surface area contributed by atoms with Gasteiger partial charge >= 0.3 is 0 Å². The zero-order valence-corrected chi connectivity index (χ0v) is 30.5. The number of nitrogens with zero attached hydrogens (tertiary/aromatic N) is 1. The number of imide groups is 1. The third-order valence-electron chi connectivity index (χ3n) is 9.34. The first-order valence-electron chi connectivity index (χ1n) is 18.4. The van der Waals surface area contributed by atoms with Crippen LogP contribution < -0.4 is 14.8 Å². The molecule has 2 aliphatic heterocycles. The van der Waals surface area contributed by atoms with Gasteiger partial charge in [0, 0.05) is 17.5 Å². The van der Waals surface area contributed by atoms with E-state index in [1.807, 2.05) is 42.5 Å². The summed E-state index contributed by atoms with van der Waals surface area (Å²) in [7, 11) is 0. The van der Waals surface area contributed by atoms with Crippen molar-refractivity contribution in [2.75, 3.05) is 52.9 Å².